The number of nitrogens with one attached hydrogen (secondary N) is 1. The minimum atomic E-state index is -3.21. The summed E-state index contributed by atoms with van der Waals surface area (Å²) in [6.07, 6.45) is 2.09. The van der Waals surface area contributed by atoms with Gasteiger partial charge in [0.25, 0.3) is 5.91 Å². The minimum absolute atomic E-state index is 0.0382. The molecule has 6 heteroatoms. The van der Waals surface area contributed by atoms with E-state index in [-0.39, 0.29) is 10.8 Å². The van der Waals surface area contributed by atoms with Gasteiger partial charge in [0.05, 0.1) is 4.90 Å². The third-order valence-corrected chi connectivity index (χ3v) is 4.29. The molecule has 0 saturated carbocycles. The average Bonchev–Trinajstić information content (AvgIpc) is 2.66. The van der Waals surface area contributed by atoms with Gasteiger partial charge in [-0.3, -0.25) is 4.79 Å². The highest BCUT2D eigenvalue weighted by Gasteiger charge is 2.17. The summed E-state index contributed by atoms with van der Waals surface area (Å²) in [7, 11) is -3.21. The topological polar surface area (TPSA) is 66.5 Å². The molecular weight excluding hydrogens is 264 g/mol. The third-order valence-electron chi connectivity index (χ3n) is 3.16. The van der Waals surface area contributed by atoms with Gasteiger partial charge < -0.3 is 10.2 Å². The summed E-state index contributed by atoms with van der Waals surface area (Å²) in [6.45, 7) is 3.15. The van der Waals surface area contributed by atoms with E-state index < -0.39 is 9.84 Å². The maximum atomic E-state index is 12.3. The van der Waals surface area contributed by atoms with Crippen LogP contribution in [0, 0.1) is 0 Å². The van der Waals surface area contributed by atoms with Gasteiger partial charge in [-0.1, -0.05) is 0 Å². The van der Waals surface area contributed by atoms with E-state index >= 15 is 0 Å². The number of hydrogen-bond acceptors (Lipinski definition) is 4. The summed E-state index contributed by atoms with van der Waals surface area (Å²) in [5.41, 5.74) is 0.536. The van der Waals surface area contributed by atoms with Crippen molar-refractivity contribution in [3.63, 3.8) is 0 Å². The SMILES string of the molecule is CS(=O)(=O)c1ccc(C(=O)N2CCCNCC2)cc1. The normalized spacial score (nSPS) is 17.0. The van der Waals surface area contributed by atoms with Crippen LogP contribution in [0.15, 0.2) is 29.2 Å². The van der Waals surface area contributed by atoms with Crippen LogP contribution in [0.3, 0.4) is 0 Å². The predicted octanol–water partition coefficient (Wildman–Crippen LogP) is 0.526. The first-order chi connectivity index (χ1) is 8.98. The minimum Gasteiger partial charge on any atom is -0.337 e. The zero-order valence-electron chi connectivity index (χ0n) is 10.9. The van der Waals surface area contributed by atoms with Crippen molar-refractivity contribution in [1.82, 2.24) is 10.2 Å². The summed E-state index contributed by atoms with van der Waals surface area (Å²) in [6, 6.07) is 6.13. The molecule has 19 heavy (non-hydrogen) atoms. The van der Waals surface area contributed by atoms with Gasteiger partial charge in [0.15, 0.2) is 9.84 Å². The molecule has 1 heterocycles. The monoisotopic (exact) mass is 282 g/mol. The number of carbonyl (C=O) groups is 1. The summed E-state index contributed by atoms with van der Waals surface area (Å²) >= 11 is 0. The van der Waals surface area contributed by atoms with Crippen molar-refractivity contribution in [2.45, 2.75) is 11.3 Å². The largest absolute Gasteiger partial charge is 0.337 e. The molecule has 0 aliphatic carbocycles. The van der Waals surface area contributed by atoms with Gasteiger partial charge in [-0.15, -0.1) is 0 Å². The number of sulfone groups is 1. The third kappa shape index (κ3) is 3.54. The lowest BCUT2D eigenvalue weighted by Gasteiger charge is -2.20. The molecule has 0 unspecified atom stereocenters. The summed E-state index contributed by atoms with van der Waals surface area (Å²) in [4.78, 5) is 14.3. The van der Waals surface area contributed by atoms with Crippen LogP contribution < -0.4 is 5.32 Å². The molecule has 104 valence electrons. The van der Waals surface area contributed by atoms with Crippen molar-refractivity contribution in [2.75, 3.05) is 32.4 Å². The number of rotatable bonds is 2. The fourth-order valence-electron chi connectivity index (χ4n) is 2.08. The van der Waals surface area contributed by atoms with Crippen LogP contribution in [-0.2, 0) is 9.84 Å². The van der Waals surface area contributed by atoms with Crippen LogP contribution >= 0.6 is 0 Å². The highest BCUT2D eigenvalue weighted by atomic mass is 32.2. The number of hydrogen-bond donors (Lipinski definition) is 1. The van der Waals surface area contributed by atoms with Gasteiger partial charge in [0.1, 0.15) is 0 Å². The van der Waals surface area contributed by atoms with Crippen LogP contribution in [0.4, 0.5) is 0 Å². The van der Waals surface area contributed by atoms with Gasteiger partial charge >= 0.3 is 0 Å². The number of nitrogens with zero attached hydrogens (tertiary/aromatic N) is 1. The standard InChI is InChI=1S/C13H18N2O3S/c1-19(17,18)12-5-3-11(4-6-12)13(16)15-9-2-7-14-8-10-15/h3-6,14H,2,7-10H2,1H3. The second-order valence-corrected chi connectivity index (χ2v) is 6.71. The first-order valence-corrected chi connectivity index (χ1v) is 8.18. The number of benzene rings is 1. The summed E-state index contributed by atoms with van der Waals surface area (Å²) in [5, 5.41) is 3.24. The fraction of sp³-hybridized carbons (Fsp3) is 0.462. The van der Waals surface area contributed by atoms with Crippen molar-refractivity contribution in [1.29, 1.82) is 0 Å². The van der Waals surface area contributed by atoms with Crippen LogP contribution in [-0.4, -0.2) is 51.7 Å². The Balaban J connectivity index is 2.15. The molecular formula is C13H18N2O3S. The Labute approximate surface area is 113 Å². The Hall–Kier alpha value is -1.40. The average molecular weight is 282 g/mol. The maximum Gasteiger partial charge on any atom is 0.253 e. The molecule has 0 atom stereocenters. The van der Waals surface area contributed by atoms with Gasteiger partial charge in [0, 0.05) is 31.5 Å². The molecule has 1 aromatic carbocycles. The lowest BCUT2D eigenvalue weighted by molar-refractivity contribution is 0.0766. The lowest BCUT2D eigenvalue weighted by atomic mass is 10.2. The van der Waals surface area contributed by atoms with E-state index in [1.807, 2.05) is 0 Å². The molecule has 2 rings (SSSR count). The van der Waals surface area contributed by atoms with E-state index in [2.05, 4.69) is 5.32 Å². The lowest BCUT2D eigenvalue weighted by Crippen LogP contribution is -2.34. The zero-order valence-corrected chi connectivity index (χ0v) is 11.7. The fourth-order valence-corrected chi connectivity index (χ4v) is 2.71. The predicted molar refractivity (Wildman–Crippen MR) is 72.9 cm³/mol. The molecule has 1 amide bonds. The van der Waals surface area contributed by atoms with Crippen molar-refractivity contribution in [3.05, 3.63) is 29.8 Å². The maximum absolute atomic E-state index is 12.3. The van der Waals surface area contributed by atoms with Crippen molar-refractivity contribution in [3.8, 4) is 0 Å². The highest BCUT2D eigenvalue weighted by molar-refractivity contribution is 7.90. The quantitative estimate of drug-likeness (QED) is 0.859. The Bertz CT molecular complexity index is 544. The van der Waals surface area contributed by atoms with E-state index in [0.29, 0.717) is 12.1 Å². The molecule has 0 bridgehead atoms. The van der Waals surface area contributed by atoms with Gasteiger partial charge in [-0.25, -0.2) is 8.42 Å². The number of amides is 1. The van der Waals surface area contributed by atoms with Gasteiger partial charge in [-0.05, 0) is 37.2 Å². The molecule has 5 nitrogen and oxygen atoms in total. The second kappa shape index (κ2) is 5.71. The van der Waals surface area contributed by atoms with Crippen LogP contribution in [0.1, 0.15) is 16.8 Å². The van der Waals surface area contributed by atoms with Crippen molar-refractivity contribution >= 4 is 15.7 Å². The molecule has 1 aromatic rings. The Morgan fingerprint density at radius 3 is 2.47 bits per heavy atom. The summed E-state index contributed by atoms with van der Waals surface area (Å²) < 4.78 is 22.7. The van der Waals surface area contributed by atoms with Crippen molar-refractivity contribution < 1.29 is 13.2 Å². The van der Waals surface area contributed by atoms with Gasteiger partial charge in [0.2, 0.25) is 0 Å². The zero-order chi connectivity index (χ0) is 13.9. The Morgan fingerprint density at radius 1 is 1.16 bits per heavy atom. The first kappa shape index (κ1) is 14.0. The van der Waals surface area contributed by atoms with Crippen LogP contribution in [0.25, 0.3) is 0 Å². The number of carbonyl (C=O) groups excluding carboxylic acids is 1. The van der Waals surface area contributed by atoms with Crippen LogP contribution in [0.2, 0.25) is 0 Å². The smallest absolute Gasteiger partial charge is 0.253 e. The van der Waals surface area contributed by atoms with E-state index in [4.69, 9.17) is 0 Å². The van der Waals surface area contributed by atoms with E-state index in [1.54, 1.807) is 17.0 Å². The summed E-state index contributed by atoms with van der Waals surface area (Å²) in [5.74, 6) is -0.0382. The molecule has 1 aliphatic rings. The van der Waals surface area contributed by atoms with E-state index in [9.17, 15) is 13.2 Å². The molecule has 1 fully saturated rings. The second-order valence-electron chi connectivity index (χ2n) is 4.69. The molecule has 1 N–H and O–H groups in total. The molecule has 1 saturated heterocycles. The highest BCUT2D eigenvalue weighted by Crippen LogP contribution is 2.12. The Kier molecular flexibility index (Phi) is 4.21. The molecule has 0 aromatic heterocycles. The van der Waals surface area contributed by atoms with Crippen molar-refractivity contribution in [2.24, 2.45) is 0 Å². The molecule has 0 spiro atoms. The molecule has 1 aliphatic heterocycles. The van der Waals surface area contributed by atoms with E-state index in [0.717, 1.165) is 32.3 Å². The first-order valence-electron chi connectivity index (χ1n) is 6.28. The Morgan fingerprint density at radius 2 is 1.84 bits per heavy atom. The van der Waals surface area contributed by atoms with E-state index in [1.165, 1.54) is 12.1 Å². The van der Waals surface area contributed by atoms with Crippen LogP contribution in [0.5, 0.6) is 0 Å². The van der Waals surface area contributed by atoms with Gasteiger partial charge in [-0.2, -0.15) is 0 Å². The molecule has 0 radical (unpaired) electrons.